The average molecular weight is 842 g/mol. The van der Waals surface area contributed by atoms with Crippen LogP contribution in [0.3, 0.4) is 0 Å². The van der Waals surface area contributed by atoms with E-state index in [0.717, 1.165) is 4.57 Å². The summed E-state index contributed by atoms with van der Waals surface area (Å²) in [5.74, 6) is -0.981. The van der Waals surface area contributed by atoms with Gasteiger partial charge < -0.3 is 56.9 Å². The first-order chi connectivity index (χ1) is 25.5. The summed E-state index contributed by atoms with van der Waals surface area (Å²) >= 11 is 0. The number of imidazole rings is 1. The van der Waals surface area contributed by atoms with Crippen LogP contribution in [0.25, 0.3) is 11.2 Å². The van der Waals surface area contributed by atoms with E-state index in [1.165, 1.54) is 57.0 Å². The van der Waals surface area contributed by atoms with Gasteiger partial charge in [-0.05, 0) is 31.2 Å². The van der Waals surface area contributed by atoms with E-state index in [4.69, 9.17) is 46.2 Å². The molecular formula is C27H41N9O14P2S2. The van der Waals surface area contributed by atoms with E-state index < -0.39 is 89.5 Å². The number of carbonyl (C=O) groups excluding carboxylic acids is 1. The van der Waals surface area contributed by atoms with Crippen LogP contribution >= 0.6 is 37.2 Å². The highest BCUT2D eigenvalue weighted by molar-refractivity contribution is 8.76. The number of carbonyl (C=O) groups is 1. The van der Waals surface area contributed by atoms with E-state index in [1.54, 1.807) is 0 Å². The van der Waals surface area contributed by atoms with Gasteiger partial charge in [-0.2, -0.15) is 4.98 Å². The Morgan fingerprint density at radius 1 is 1.09 bits per heavy atom. The molecule has 5 rings (SSSR count). The first kappa shape index (κ1) is 42.4. The van der Waals surface area contributed by atoms with Crippen LogP contribution in [0.15, 0.2) is 35.6 Å². The van der Waals surface area contributed by atoms with Gasteiger partial charge in [0, 0.05) is 30.6 Å². The minimum Gasteiger partial charge on any atom is -0.455 e. The zero-order chi connectivity index (χ0) is 39.4. The summed E-state index contributed by atoms with van der Waals surface area (Å²) in [7, 11) is -7.11. The Morgan fingerprint density at radius 2 is 1.83 bits per heavy atom. The molecule has 27 heteroatoms. The standard InChI is InChI=1S/C27H41N9O14P2S2/c1-53-54-13(9-28)2-3-15(30)26(38)49-23-18(48-25(22(23)37)36-12-33-21-14(29)4-6-32-24(21)36)11-46-52(43,44)50-16-8-20(35-7-5-19(31)34-27(35)39)47-17(16)10-45-51(40,41)42/h4-7,12-13,15-18,20,22-23,25,37H,2-3,8-11,28,30H2,1H3,(H2,29,32)(H,43,44)(H2,31,34,39)(H2,40,41,42)/t13-,15-,16-,17+,18+,20+,22+,23+,25+/m0/s1. The number of aliphatic hydroxyl groups is 1. The number of nitrogen functional groups attached to an aromatic ring is 2. The second-order valence-electron chi connectivity index (χ2n) is 12.1. The molecule has 2 saturated heterocycles. The quantitative estimate of drug-likeness (QED) is 0.0449. The number of aliphatic hydroxyl groups excluding tert-OH is 1. The van der Waals surface area contributed by atoms with Crippen molar-refractivity contribution < 1.29 is 61.5 Å². The van der Waals surface area contributed by atoms with Crippen molar-refractivity contribution in [2.24, 2.45) is 11.5 Å². The molecule has 10 atom stereocenters. The molecule has 0 saturated carbocycles. The van der Waals surface area contributed by atoms with Gasteiger partial charge in [0.15, 0.2) is 18.0 Å². The Hall–Kier alpha value is -2.71. The smallest absolute Gasteiger partial charge is 0.455 e. The van der Waals surface area contributed by atoms with Crippen LogP contribution in [0.1, 0.15) is 31.7 Å². The van der Waals surface area contributed by atoms with Crippen LogP contribution in [-0.2, 0) is 41.7 Å². The van der Waals surface area contributed by atoms with E-state index >= 15 is 0 Å². The Kier molecular flexibility index (Phi) is 14.2. The lowest BCUT2D eigenvalue weighted by atomic mass is 10.1. The number of ether oxygens (including phenoxy) is 3. The first-order valence-electron chi connectivity index (χ1n) is 16.1. The van der Waals surface area contributed by atoms with Crippen LogP contribution in [-0.4, -0.2) is 118 Å². The number of nitrogens with two attached hydrogens (primary N) is 4. The van der Waals surface area contributed by atoms with E-state index in [9.17, 15) is 38.5 Å². The van der Waals surface area contributed by atoms with Crippen molar-refractivity contribution in [2.45, 2.75) is 73.5 Å². The fourth-order valence-corrected chi connectivity index (χ4v) is 8.96. The van der Waals surface area contributed by atoms with Gasteiger partial charge in [-0.3, -0.25) is 27.5 Å². The van der Waals surface area contributed by atoms with Crippen molar-refractivity contribution in [3.63, 3.8) is 0 Å². The van der Waals surface area contributed by atoms with Crippen molar-refractivity contribution in [1.82, 2.24) is 24.1 Å². The number of aromatic nitrogens is 5. The van der Waals surface area contributed by atoms with Crippen LogP contribution < -0.4 is 28.6 Å². The number of rotatable bonds is 18. The number of anilines is 2. The number of nitrogens with zero attached hydrogens (tertiary/aromatic N) is 5. The largest absolute Gasteiger partial charge is 0.472 e. The van der Waals surface area contributed by atoms with Crippen LogP contribution in [0.4, 0.5) is 11.5 Å². The molecule has 3 aromatic heterocycles. The SMILES string of the molecule is CSS[C@H](CN)CC[C@H](N)C(=O)O[C@H]1[C@@H](O)[C@H](n2cnc3c(N)ccnc32)O[C@@H]1COP(=O)(O)O[C@H]1C[C@H](n2ccc(N)nc2=O)O[C@@H]1COP(=O)(O)O. The van der Waals surface area contributed by atoms with Crippen molar-refractivity contribution in [2.75, 3.05) is 37.5 Å². The molecule has 0 spiro atoms. The predicted octanol–water partition coefficient (Wildman–Crippen LogP) is -0.632. The van der Waals surface area contributed by atoms with Gasteiger partial charge in [0.1, 0.15) is 48.0 Å². The summed E-state index contributed by atoms with van der Waals surface area (Å²) in [5.41, 5.74) is 23.5. The fourth-order valence-electron chi connectivity index (χ4n) is 5.73. The van der Waals surface area contributed by atoms with E-state index in [2.05, 4.69) is 19.5 Å². The second-order valence-corrected chi connectivity index (χ2v) is 17.5. The number of pyridine rings is 1. The highest BCUT2D eigenvalue weighted by Gasteiger charge is 2.50. The average Bonchev–Trinajstić information content (AvgIpc) is 3.80. The lowest BCUT2D eigenvalue weighted by molar-refractivity contribution is -0.158. The van der Waals surface area contributed by atoms with Gasteiger partial charge in [-0.1, -0.05) is 21.6 Å². The second kappa shape index (κ2) is 18.0. The van der Waals surface area contributed by atoms with E-state index in [-0.39, 0.29) is 35.2 Å². The minimum absolute atomic E-state index is 0.0190. The Labute approximate surface area is 314 Å². The molecule has 54 heavy (non-hydrogen) atoms. The van der Waals surface area contributed by atoms with Crippen molar-refractivity contribution in [3.8, 4) is 0 Å². The molecule has 1 unspecified atom stereocenters. The molecule has 0 bridgehead atoms. The molecule has 300 valence electrons. The Balaban J connectivity index is 1.33. The Morgan fingerprint density at radius 3 is 2.52 bits per heavy atom. The van der Waals surface area contributed by atoms with Gasteiger partial charge >= 0.3 is 27.3 Å². The van der Waals surface area contributed by atoms with Gasteiger partial charge in [0.2, 0.25) is 0 Å². The highest BCUT2D eigenvalue weighted by Crippen LogP contribution is 2.50. The summed E-state index contributed by atoms with van der Waals surface area (Å²) in [6, 6.07) is 1.69. The lowest BCUT2D eigenvalue weighted by Crippen LogP contribution is -2.43. The maximum atomic E-state index is 13.4. The van der Waals surface area contributed by atoms with Crippen molar-refractivity contribution >= 4 is 65.9 Å². The van der Waals surface area contributed by atoms with Crippen molar-refractivity contribution in [3.05, 3.63) is 41.3 Å². The van der Waals surface area contributed by atoms with Crippen LogP contribution in [0.2, 0.25) is 0 Å². The summed E-state index contributed by atoms with van der Waals surface area (Å²) in [5, 5.41) is 11.5. The predicted molar refractivity (Wildman–Crippen MR) is 193 cm³/mol. The summed E-state index contributed by atoms with van der Waals surface area (Å²) in [6.07, 6.45) is -3.63. The van der Waals surface area contributed by atoms with Gasteiger partial charge in [0.05, 0.1) is 25.2 Å². The lowest BCUT2D eigenvalue weighted by Gasteiger charge is -2.24. The molecule has 2 aliphatic rings. The maximum Gasteiger partial charge on any atom is 0.472 e. The molecule has 23 nitrogen and oxygen atoms in total. The third kappa shape index (κ3) is 10.6. The molecule has 0 aliphatic carbocycles. The van der Waals surface area contributed by atoms with Gasteiger partial charge in [-0.25, -0.2) is 23.9 Å². The third-order valence-electron chi connectivity index (χ3n) is 8.35. The number of fused-ring (bicyclic) bond motifs is 1. The van der Waals surface area contributed by atoms with E-state index in [0.29, 0.717) is 18.5 Å². The molecule has 0 aromatic carbocycles. The summed E-state index contributed by atoms with van der Waals surface area (Å²) in [4.78, 5) is 67.0. The van der Waals surface area contributed by atoms with Crippen molar-refractivity contribution in [1.29, 1.82) is 0 Å². The highest BCUT2D eigenvalue weighted by atomic mass is 33.1. The maximum absolute atomic E-state index is 13.4. The van der Waals surface area contributed by atoms with Crippen LogP contribution in [0, 0.1) is 0 Å². The Bertz CT molecular complexity index is 1920. The van der Waals surface area contributed by atoms with Gasteiger partial charge in [0.25, 0.3) is 0 Å². The molecule has 2 aliphatic heterocycles. The monoisotopic (exact) mass is 841 g/mol. The number of esters is 1. The minimum atomic E-state index is -5.13. The number of hydrogen-bond acceptors (Lipinski definition) is 20. The molecule has 2 fully saturated rings. The first-order valence-corrected chi connectivity index (χ1v) is 21.8. The molecule has 5 heterocycles. The number of phosphoric acid groups is 2. The van der Waals surface area contributed by atoms with Crippen LogP contribution in [0.5, 0.6) is 0 Å². The molecule has 0 radical (unpaired) electrons. The fraction of sp³-hybridized carbons (Fsp3) is 0.593. The van der Waals surface area contributed by atoms with Gasteiger partial charge in [-0.15, -0.1) is 0 Å². The number of hydrogen-bond donors (Lipinski definition) is 8. The summed E-state index contributed by atoms with van der Waals surface area (Å²) in [6.45, 7) is -1.27. The topological polar surface area (TPSA) is 357 Å². The van der Waals surface area contributed by atoms with E-state index in [1.807, 2.05) is 6.26 Å². The number of phosphoric ester groups is 2. The zero-order valence-electron chi connectivity index (χ0n) is 28.5. The normalized spacial score (nSPS) is 26.8. The third-order valence-corrected chi connectivity index (χ3v) is 12.1. The molecular weight excluding hydrogens is 800 g/mol. The molecule has 3 aromatic rings. The molecule has 0 amide bonds. The molecule has 12 N–H and O–H groups in total. The zero-order valence-corrected chi connectivity index (χ0v) is 31.9. The summed E-state index contributed by atoms with van der Waals surface area (Å²) < 4.78 is 59.6.